The van der Waals surface area contributed by atoms with Crippen LogP contribution in [0.2, 0.25) is 0 Å². The Morgan fingerprint density at radius 3 is 2.38 bits per heavy atom. The van der Waals surface area contributed by atoms with Crippen molar-refractivity contribution in [3.63, 3.8) is 0 Å². The molecule has 0 aliphatic heterocycles. The Morgan fingerprint density at radius 2 is 1.78 bits per heavy atom. The van der Waals surface area contributed by atoms with Crippen LogP contribution in [0, 0.1) is 0 Å². The summed E-state index contributed by atoms with van der Waals surface area (Å²) in [5.41, 5.74) is 1.22. The predicted octanol–water partition coefficient (Wildman–Crippen LogP) is 3.55. The van der Waals surface area contributed by atoms with Crippen LogP contribution in [0.3, 0.4) is 0 Å². The molecule has 2 amide bonds. The van der Waals surface area contributed by atoms with E-state index < -0.39 is 28.5 Å². The molecule has 0 aromatic heterocycles. The van der Waals surface area contributed by atoms with E-state index in [-0.39, 0.29) is 12.5 Å². The first-order chi connectivity index (χ1) is 15.1. The molecule has 1 unspecified atom stereocenters. The van der Waals surface area contributed by atoms with Gasteiger partial charge in [0.1, 0.15) is 12.6 Å². The van der Waals surface area contributed by atoms with Crippen molar-refractivity contribution in [3.05, 3.63) is 64.6 Å². The molecule has 0 aliphatic carbocycles. The van der Waals surface area contributed by atoms with Gasteiger partial charge in [0.05, 0.1) is 11.9 Å². The maximum Gasteiger partial charge on any atom is 0.244 e. The first-order valence-corrected chi connectivity index (χ1v) is 13.1. The third-order valence-corrected chi connectivity index (χ3v) is 6.60. The Labute approximate surface area is 199 Å². The van der Waals surface area contributed by atoms with Gasteiger partial charge in [-0.05, 0) is 37.1 Å². The Balaban J connectivity index is 2.31. The molecule has 0 fully saturated rings. The van der Waals surface area contributed by atoms with Crippen LogP contribution >= 0.6 is 15.9 Å². The van der Waals surface area contributed by atoms with Crippen LogP contribution in [0.5, 0.6) is 0 Å². The maximum atomic E-state index is 13.4. The van der Waals surface area contributed by atoms with Gasteiger partial charge in [0, 0.05) is 17.6 Å². The lowest BCUT2D eigenvalue weighted by atomic mass is 10.1. The van der Waals surface area contributed by atoms with Crippen molar-refractivity contribution in [2.75, 3.05) is 23.7 Å². The number of hydrogen-bond donors (Lipinski definition) is 1. The number of benzene rings is 2. The second kappa shape index (κ2) is 12.0. The number of carbonyl (C=O) groups is 2. The van der Waals surface area contributed by atoms with Gasteiger partial charge in [-0.3, -0.25) is 13.9 Å². The molecule has 7 nitrogen and oxygen atoms in total. The van der Waals surface area contributed by atoms with E-state index in [0.717, 1.165) is 29.0 Å². The van der Waals surface area contributed by atoms with Gasteiger partial charge >= 0.3 is 0 Å². The summed E-state index contributed by atoms with van der Waals surface area (Å²) in [4.78, 5) is 27.5. The third kappa shape index (κ3) is 7.63. The lowest BCUT2D eigenvalue weighted by Gasteiger charge is -2.31. The maximum absolute atomic E-state index is 13.4. The minimum absolute atomic E-state index is 0.193. The van der Waals surface area contributed by atoms with Gasteiger partial charge in [-0.1, -0.05) is 65.7 Å². The molecule has 2 rings (SSSR count). The highest BCUT2D eigenvalue weighted by Gasteiger charge is 2.30. The van der Waals surface area contributed by atoms with E-state index in [1.165, 1.54) is 4.90 Å². The largest absolute Gasteiger partial charge is 0.354 e. The molecule has 174 valence electrons. The lowest BCUT2D eigenvalue weighted by molar-refractivity contribution is -0.139. The molecular weight excluding hydrogens is 494 g/mol. The Hall–Kier alpha value is -2.39. The van der Waals surface area contributed by atoms with Gasteiger partial charge in [-0.15, -0.1) is 0 Å². The molecule has 9 heteroatoms. The number of rotatable bonds is 11. The molecule has 0 saturated heterocycles. The fourth-order valence-electron chi connectivity index (χ4n) is 3.14. The summed E-state index contributed by atoms with van der Waals surface area (Å²) in [5.74, 6) is -0.728. The highest BCUT2D eigenvalue weighted by atomic mass is 79.9. The first kappa shape index (κ1) is 25.9. The number of sulfonamides is 1. The van der Waals surface area contributed by atoms with Crippen molar-refractivity contribution in [3.8, 4) is 0 Å². The summed E-state index contributed by atoms with van der Waals surface area (Å²) in [6.07, 6.45) is 2.84. The smallest absolute Gasteiger partial charge is 0.244 e. The topological polar surface area (TPSA) is 86.8 Å². The van der Waals surface area contributed by atoms with Gasteiger partial charge in [0.25, 0.3) is 0 Å². The van der Waals surface area contributed by atoms with E-state index in [1.807, 2.05) is 37.3 Å². The third-order valence-electron chi connectivity index (χ3n) is 4.97. The van der Waals surface area contributed by atoms with Crippen molar-refractivity contribution in [1.29, 1.82) is 0 Å². The Kier molecular flexibility index (Phi) is 9.71. The zero-order valence-electron chi connectivity index (χ0n) is 18.6. The summed E-state index contributed by atoms with van der Waals surface area (Å²) in [5, 5.41) is 2.86. The van der Waals surface area contributed by atoms with Crippen LogP contribution in [-0.4, -0.2) is 50.5 Å². The number of halogens is 1. The summed E-state index contributed by atoms with van der Waals surface area (Å²) < 4.78 is 26.7. The standard InChI is InChI=1S/C23H30BrN3O4S/c1-4-5-14-25-23(29)18(2)26(16-19-10-7-6-8-11-19)22(28)17-27(32(3,30)31)21-13-9-12-20(24)15-21/h6-13,15,18H,4-5,14,16-17H2,1-3H3,(H,25,29). The Morgan fingerprint density at radius 1 is 1.09 bits per heavy atom. The molecular formula is C23H30BrN3O4S. The summed E-state index contributed by atoms with van der Waals surface area (Å²) in [7, 11) is -3.74. The number of carbonyl (C=O) groups excluding carboxylic acids is 2. The van der Waals surface area contributed by atoms with Crippen molar-refractivity contribution < 1.29 is 18.0 Å². The monoisotopic (exact) mass is 523 g/mol. The van der Waals surface area contributed by atoms with Crippen LogP contribution in [-0.2, 0) is 26.2 Å². The average Bonchev–Trinajstić information content (AvgIpc) is 2.75. The zero-order chi connectivity index (χ0) is 23.7. The van der Waals surface area contributed by atoms with Gasteiger partial charge in [0.15, 0.2) is 0 Å². The van der Waals surface area contributed by atoms with E-state index in [1.54, 1.807) is 31.2 Å². The molecule has 0 spiro atoms. The van der Waals surface area contributed by atoms with E-state index in [0.29, 0.717) is 16.7 Å². The van der Waals surface area contributed by atoms with Crippen LogP contribution in [0.15, 0.2) is 59.1 Å². The quantitative estimate of drug-likeness (QED) is 0.456. The van der Waals surface area contributed by atoms with Gasteiger partial charge < -0.3 is 10.2 Å². The fraction of sp³-hybridized carbons (Fsp3) is 0.391. The van der Waals surface area contributed by atoms with Gasteiger partial charge in [0.2, 0.25) is 21.8 Å². The highest BCUT2D eigenvalue weighted by Crippen LogP contribution is 2.23. The lowest BCUT2D eigenvalue weighted by Crippen LogP contribution is -2.51. The van der Waals surface area contributed by atoms with E-state index in [2.05, 4.69) is 21.2 Å². The first-order valence-electron chi connectivity index (χ1n) is 10.5. The second-order valence-corrected chi connectivity index (χ2v) is 10.4. The normalized spacial score (nSPS) is 12.1. The second-order valence-electron chi connectivity index (χ2n) is 7.58. The number of anilines is 1. The van der Waals surface area contributed by atoms with Crippen molar-refractivity contribution in [2.24, 2.45) is 0 Å². The molecule has 32 heavy (non-hydrogen) atoms. The molecule has 1 atom stereocenters. The summed E-state index contributed by atoms with van der Waals surface area (Å²) in [6.45, 7) is 4.00. The van der Waals surface area contributed by atoms with E-state index in [9.17, 15) is 18.0 Å². The molecule has 1 N–H and O–H groups in total. The number of unbranched alkanes of at least 4 members (excludes halogenated alkanes) is 1. The number of hydrogen-bond acceptors (Lipinski definition) is 4. The number of nitrogens with one attached hydrogen (secondary N) is 1. The van der Waals surface area contributed by atoms with E-state index in [4.69, 9.17) is 0 Å². The van der Waals surface area contributed by atoms with Crippen LogP contribution in [0.1, 0.15) is 32.3 Å². The number of amides is 2. The van der Waals surface area contributed by atoms with Gasteiger partial charge in [-0.25, -0.2) is 8.42 Å². The van der Waals surface area contributed by atoms with Crippen molar-refractivity contribution >= 4 is 43.5 Å². The average molecular weight is 524 g/mol. The molecule has 0 heterocycles. The fourth-order valence-corrected chi connectivity index (χ4v) is 4.37. The minimum atomic E-state index is -3.74. The minimum Gasteiger partial charge on any atom is -0.354 e. The van der Waals surface area contributed by atoms with Crippen LogP contribution in [0.4, 0.5) is 5.69 Å². The van der Waals surface area contributed by atoms with Crippen LogP contribution in [0.25, 0.3) is 0 Å². The predicted molar refractivity (Wildman–Crippen MR) is 131 cm³/mol. The SMILES string of the molecule is CCCCNC(=O)C(C)N(Cc1ccccc1)C(=O)CN(c1cccc(Br)c1)S(C)(=O)=O. The number of nitrogens with zero attached hydrogens (tertiary/aromatic N) is 2. The zero-order valence-corrected chi connectivity index (χ0v) is 21.0. The molecule has 2 aromatic carbocycles. The summed E-state index contributed by atoms with van der Waals surface area (Å²) >= 11 is 3.34. The van der Waals surface area contributed by atoms with Gasteiger partial charge in [-0.2, -0.15) is 0 Å². The van der Waals surface area contributed by atoms with Crippen molar-refractivity contribution in [1.82, 2.24) is 10.2 Å². The Bertz CT molecular complexity index is 1010. The summed E-state index contributed by atoms with van der Waals surface area (Å²) in [6, 6.07) is 15.3. The molecule has 0 saturated carbocycles. The van der Waals surface area contributed by atoms with Crippen molar-refractivity contribution in [2.45, 2.75) is 39.3 Å². The molecule has 0 radical (unpaired) electrons. The van der Waals surface area contributed by atoms with Crippen LogP contribution < -0.4 is 9.62 Å². The molecule has 0 aliphatic rings. The highest BCUT2D eigenvalue weighted by molar-refractivity contribution is 9.10. The van der Waals surface area contributed by atoms with E-state index >= 15 is 0 Å². The molecule has 2 aromatic rings. The molecule has 0 bridgehead atoms.